The number of carboxylic acid groups (broad SMARTS) is 1. The van der Waals surface area contributed by atoms with Gasteiger partial charge in [-0.15, -0.1) is 0 Å². The van der Waals surface area contributed by atoms with Crippen LogP contribution in [-0.4, -0.2) is 56.4 Å². The number of rotatable bonds is 10. The lowest BCUT2D eigenvalue weighted by Gasteiger charge is -2.14. The van der Waals surface area contributed by atoms with E-state index in [1.807, 2.05) is 6.26 Å². The van der Waals surface area contributed by atoms with Gasteiger partial charge in [0, 0.05) is 6.42 Å². The van der Waals surface area contributed by atoms with Gasteiger partial charge < -0.3 is 9.84 Å². The van der Waals surface area contributed by atoms with E-state index < -0.39 is 28.0 Å². The molecule has 0 aliphatic heterocycles. The molecule has 19 heavy (non-hydrogen) atoms. The number of esters is 1. The fraction of sp³-hybridized carbons (Fsp3) is 0.800. The number of methoxy groups -OCH3 is 1. The summed E-state index contributed by atoms with van der Waals surface area (Å²) in [5.74, 6) is -1.45. The van der Waals surface area contributed by atoms with Gasteiger partial charge in [-0.25, -0.2) is 13.1 Å². The molecule has 0 radical (unpaired) electrons. The smallest absolute Gasteiger partial charge is 0.321 e. The Balaban J connectivity index is 4.31. The number of carboxylic acids is 1. The number of hydrogen-bond acceptors (Lipinski definition) is 6. The van der Waals surface area contributed by atoms with Crippen LogP contribution in [0.4, 0.5) is 0 Å². The fourth-order valence-corrected chi connectivity index (χ4v) is 3.02. The number of ether oxygens (including phenoxy) is 1. The number of carbonyl (C=O) groups excluding carboxylic acids is 1. The molecule has 0 aromatic rings. The van der Waals surface area contributed by atoms with Crippen molar-refractivity contribution in [3.05, 3.63) is 0 Å². The minimum Gasteiger partial charge on any atom is -0.480 e. The van der Waals surface area contributed by atoms with Crippen LogP contribution in [-0.2, 0) is 24.3 Å². The Kier molecular flexibility index (Phi) is 8.77. The molecule has 0 aliphatic carbocycles. The van der Waals surface area contributed by atoms with Crippen molar-refractivity contribution in [1.29, 1.82) is 0 Å². The minimum atomic E-state index is -3.71. The monoisotopic (exact) mass is 313 g/mol. The van der Waals surface area contributed by atoms with Crippen molar-refractivity contribution in [3.63, 3.8) is 0 Å². The summed E-state index contributed by atoms with van der Waals surface area (Å²) in [5, 5.41) is 8.90. The third-order valence-corrected chi connectivity index (χ3v) is 4.37. The second-order valence-electron chi connectivity index (χ2n) is 3.79. The first-order chi connectivity index (χ1) is 8.82. The van der Waals surface area contributed by atoms with Crippen molar-refractivity contribution < 1.29 is 27.9 Å². The Morgan fingerprint density at radius 2 is 2.05 bits per heavy atom. The van der Waals surface area contributed by atoms with Gasteiger partial charge in [-0.05, 0) is 24.9 Å². The number of hydrogen-bond donors (Lipinski definition) is 2. The van der Waals surface area contributed by atoms with Gasteiger partial charge in [0.25, 0.3) is 0 Å². The third kappa shape index (κ3) is 8.84. The van der Waals surface area contributed by atoms with E-state index in [0.717, 1.165) is 0 Å². The van der Waals surface area contributed by atoms with Crippen LogP contribution in [0.25, 0.3) is 0 Å². The fourth-order valence-electron chi connectivity index (χ4n) is 1.25. The molecule has 0 bridgehead atoms. The van der Waals surface area contributed by atoms with Crippen molar-refractivity contribution >= 4 is 33.7 Å². The third-order valence-electron chi connectivity index (χ3n) is 2.25. The lowest BCUT2D eigenvalue weighted by molar-refractivity contribution is -0.141. The van der Waals surface area contributed by atoms with Crippen molar-refractivity contribution in [3.8, 4) is 0 Å². The first-order valence-electron chi connectivity index (χ1n) is 5.61. The zero-order valence-electron chi connectivity index (χ0n) is 10.9. The Hall–Kier alpha value is -0.800. The predicted octanol–water partition coefficient (Wildman–Crippen LogP) is 0.0653. The maximum atomic E-state index is 11.6. The van der Waals surface area contributed by atoms with E-state index in [1.165, 1.54) is 18.9 Å². The summed E-state index contributed by atoms with van der Waals surface area (Å²) < 4.78 is 29.8. The Morgan fingerprint density at radius 3 is 2.53 bits per heavy atom. The molecular weight excluding hydrogens is 294 g/mol. The molecule has 0 unspecified atom stereocenters. The van der Waals surface area contributed by atoms with Crippen molar-refractivity contribution in [2.75, 3.05) is 24.9 Å². The van der Waals surface area contributed by atoms with E-state index in [4.69, 9.17) is 5.11 Å². The Labute approximate surface area is 117 Å². The second-order valence-corrected chi connectivity index (χ2v) is 6.65. The molecule has 112 valence electrons. The number of carbonyl (C=O) groups is 2. The molecule has 0 saturated heterocycles. The summed E-state index contributed by atoms with van der Waals surface area (Å²) in [6.07, 6.45) is 2.10. The van der Waals surface area contributed by atoms with Gasteiger partial charge in [0.1, 0.15) is 6.04 Å². The van der Waals surface area contributed by atoms with Gasteiger partial charge in [-0.1, -0.05) is 0 Å². The number of aliphatic carboxylic acids is 1. The normalized spacial score (nSPS) is 12.9. The maximum absolute atomic E-state index is 11.6. The molecule has 0 aromatic carbocycles. The summed E-state index contributed by atoms with van der Waals surface area (Å²) in [6.45, 7) is 0. The SMILES string of the molecule is COC(=O)CCCS(=O)(=O)N[C@H](CCSC)C(=O)O. The maximum Gasteiger partial charge on any atom is 0.321 e. The summed E-state index contributed by atoms with van der Waals surface area (Å²) in [4.78, 5) is 21.7. The number of sulfonamides is 1. The molecule has 0 aliphatic rings. The van der Waals surface area contributed by atoms with Crippen molar-refractivity contribution in [1.82, 2.24) is 4.72 Å². The van der Waals surface area contributed by atoms with Crippen LogP contribution >= 0.6 is 11.8 Å². The summed E-state index contributed by atoms with van der Waals surface area (Å²) >= 11 is 1.44. The first kappa shape index (κ1) is 18.2. The molecule has 0 fully saturated rings. The van der Waals surface area contributed by atoms with Crippen LogP contribution in [0.2, 0.25) is 0 Å². The second kappa shape index (κ2) is 9.16. The van der Waals surface area contributed by atoms with Gasteiger partial charge in [0.2, 0.25) is 10.0 Å². The number of thioether (sulfide) groups is 1. The van der Waals surface area contributed by atoms with Crippen LogP contribution in [0.15, 0.2) is 0 Å². The van der Waals surface area contributed by atoms with Gasteiger partial charge in [-0.2, -0.15) is 11.8 Å². The molecule has 0 amide bonds. The molecule has 0 aromatic heterocycles. The summed E-state index contributed by atoms with van der Waals surface area (Å²) in [6, 6.07) is -1.13. The number of nitrogens with one attached hydrogen (secondary N) is 1. The van der Waals surface area contributed by atoms with Crippen LogP contribution in [0.1, 0.15) is 19.3 Å². The van der Waals surface area contributed by atoms with Gasteiger partial charge in [0.05, 0.1) is 12.9 Å². The quantitative estimate of drug-likeness (QED) is 0.549. The standard InChI is InChI=1S/C10H19NO6S2/c1-17-9(12)4-3-7-19(15,16)11-8(10(13)14)5-6-18-2/h8,11H,3-7H2,1-2H3,(H,13,14)/t8-/m1/s1. The van der Waals surface area contributed by atoms with Crippen LogP contribution in [0.5, 0.6) is 0 Å². The van der Waals surface area contributed by atoms with Gasteiger partial charge in [-0.3, -0.25) is 9.59 Å². The lowest BCUT2D eigenvalue weighted by Crippen LogP contribution is -2.42. The topological polar surface area (TPSA) is 110 Å². The molecule has 0 heterocycles. The summed E-state index contributed by atoms with van der Waals surface area (Å²) in [5.41, 5.74) is 0. The first-order valence-corrected chi connectivity index (χ1v) is 8.65. The van der Waals surface area contributed by atoms with E-state index in [1.54, 1.807) is 0 Å². The summed E-state index contributed by atoms with van der Waals surface area (Å²) in [7, 11) is -2.49. The highest BCUT2D eigenvalue weighted by Gasteiger charge is 2.23. The highest BCUT2D eigenvalue weighted by Crippen LogP contribution is 2.04. The minimum absolute atomic E-state index is 0.0139. The molecule has 0 saturated carbocycles. The van der Waals surface area contributed by atoms with Crippen molar-refractivity contribution in [2.24, 2.45) is 0 Å². The van der Waals surface area contributed by atoms with Crippen molar-refractivity contribution in [2.45, 2.75) is 25.3 Å². The molecule has 9 heteroatoms. The zero-order valence-corrected chi connectivity index (χ0v) is 12.6. The average Bonchev–Trinajstić information content (AvgIpc) is 2.33. The molecule has 7 nitrogen and oxygen atoms in total. The van der Waals surface area contributed by atoms with E-state index in [-0.39, 0.29) is 25.0 Å². The molecular formula is C10H19NO6S2. The predicted molar refractivity (Wildman–Crippen MR) is 72.6 cm³/mol. The highest BCUT2D eigenvalue weighted by molar-refractivity contribution is 7.98. The average molecular weight is 313 g/mol. The van der Waals surface area contributed by atoms with E-state index in [9.17, 15) is 18.0 Å². The zero-order chi connectivity index (χ0) is 14.9. The molecule has 1 atom stereocenters. The van der Waals surface area contributed by atoms with E-state index >= 15 is 0 Å². The highest BCUT2D eigenvalue weighted by atomic mass is 32.2. The molecule has 0 rings (SSSR count). The van der Waals surface area contributed by atoms with Crippen LogP contribution < -0.4 is 4.72 Å². The largest absolute Gasteiger partial charge is 0.480 e. The lowest BCUT2D eigenvalue weighted by atomic mass is 10.2. The van der Waals surface area contributed by atoms with Crippen LogP contribution in [0.3, 0.4) is 0 Å². The molecule has 2 N–H and O–H groups in total. The van der Waals surface area contributed by atoms with Gasteiger partial charge in [0.15, 0.2) is 0 Å². The Morgan fingerprint density at radius 1 is 1.42 bits per heavy atom. The molecule has 0 spiro atoms. The van der Waals surface area contributed by atoms with Gasteiger partial charge >= 0.3 is 11.9 Å². The van der Waals surface area contributed by atoms with E-state index in [2.05, 4.69) is 9.46 Å². The van der Waals surface area contributed by atoms with Crippen LogP contribution in [0, 0.1) is 0 Å². The Bertz CT molecular complexity index is 395. The van der Waals surface area contributed by atoms with E-state index in [0.29, 0.717) is 5.75 Å².